The standard InChI is InChI=1S/C21H29FN2O2/c1-2-12-24-17-21(9-8-20(24)25)10-14-23(15-11-21)13-3-16-26-19-6-4-18(22)5-7-19/h2,4-7H,1,3,8-17H2. The van der Waals surface area contributed by atoms with Crippen molar-refractivity contribution in [3.05, 3.63) is 42.7 Å². The van der Waals surface area contributed by atoms with E-state index >= 15 is 0 Å². The topological polar surface area (TPSA) is 32.8 Å². The van der Waals surface area contributed by atoms with Crippen LogP contribution in [0.1, 0.15) is 32.1 Å². The molecule has 2 saturated heterocycles. The van der Waals surface area contributed by atoms with Crippen LogP contribution in [0.2, 0.25) is 0 Å². The Morgan fingerprint density at radius 1 is 1.19 bits per heavy atom. The number of amides is 1. The number of hydrogen-bond donors (Lipinski definition) is 0. The van der Waals surface area contributed by atoms with E-state index in [2.05, 4.69) is 11.5 Å². The molecule has 3 rings (SSSR count). The first kappa shape index (κ1) is 18.9. The average Bonchev–Trinajstić information content (AvgIpc) is 2.65. The smallest absolute Gasteiger partial charge is 0.222 e. The van der Waals surface area contributed by atoms with E-state index in [0.29, 0.717) is 25.0 Å². The molecule has 0 unspecified atom stereocenters. The van der Waals surface area contributed by atoms with Gasteiger partial charge in [-0.25, -0.2) is 4.39 Å². The first-order chi connectivity index (χ1) is 12.6. The molecule has 1 aromatic carbocycles. The summed E-state index contributed by atoms with van der Waals surface area (Å²) in [5, 5.41) is 0. The van der Waals surface area contributed by atoms with Gasteiger partial charge in [-0.1, -0.05) is 6.08 Å². The van der Waals surface area contributed by atoms with Crippen LogP contribution in [0.25, 0.3) is 0 Å². The number of carbonyl (C=O) groups excluding carboxylic acids is 1. The highest BCUT2D eigenvalue weighted by Crippen LogP contribution is 2.40. The molecule has 0 aromatic heterocycles. The minimum Gasteiger partial charge on any atom is -0.494 e. The Hall–Kier alpha value is -1.88. The molecule has 0 atom stereocenters. The highest BCUT2D eigenvalue weighted by atomic mass is 19.1. The van der Waals surface area contributed by atoms with Gasteiger partial charge in [0, 0.05) is 26.1 Å². The molecular weight excluding hydrogens is 331 g/mol. The number of nitrogens with zero attached hydrogens (tertiary/aromatic N) is 2. The second kappa shape index (κ2) is 8.67. The quantitative estimate of drug-likeness (QED) is 0.551. The van der Waals surface area contributed by atoms with Gasteiger partial charge in [0.1, 0.15) is 11.6 Å². The predicted molar refractivity (Wildman–Crippen MR) is 101 cm³/mol. The highest BCUT2D eigenvalue weighted by molar-refractivity contribution is 5.77. The van der Waals surface area contributed by atoms with Gasteiger partial charge >= 0.3 is 0 Å². The van der Waals surface area contributed by atoms with E-state index in [4.69, 9.17) is 4.74 Å². The average molecular weight is 360 g/mol. The summed E-state index contributed by atoms with van der Waals surface area (Å²) >= 11 is 0. The maximum Gasteiger partial charge on any atom is 0.222 e. The summed E-state index contributed by atoms with van der Waals surface area (Å²) in [5.41, 5.74) is 0.304. The molecule has 0 bridgehead atoms. The number of halogens is 1. The number of rotatable bonds is 7. The van der Waals surface area contributed by atoms with Crippen molar-refractivity contribution in [2.75, 3.05) is 39.3 Å². The fourth-order valence-electron chi connectivity index (χ4n) is 4.09. The summed E-state index contributed by atoms with van der Waals surface area (Å²) < 4.78 is 18.5. The van der Waals surface area contributed by atoms with Gasteiger partial charge < -0.3 is 14.5 Å². The van der Waals surface area contributed by atoms with Crippen LogP contribution >= 0.6 is 0 Å². The number of piperidine rings is 2. The van der Waals surface area contributed by atoms with Gasteiger partial charge in [0.2, 0.25) is 5.91 Å². The summed E-state index contributed by atoms with van der Waals surface area (Å²) in [4.78, 5) is 16.5. The van der Waals surface area contributed by atoms with Crippen LogP contribution in [0, 0.1) is 11.2 Å². The summed E-state index contributed by atoms with van der Waals surface area (Å²) in [6.45, 7) is 9.18. The number of carbonyl (C=O) groups is 1. The maximum atomic E-state index is 12.9. The van der Waals surface area contributed by atoms with Crippen LogP contribution in [-0.2, 0) is 4.79 Å². The first-order valence-corrected chi connectivity index (χ1v) is 9.60. The van der Waals surface area contributed by atoms with E-state index in [0.717, 1.165) is 57.6 Å². The fourth-order valence-corrected chi connectivity index (χ4v) is 4.09. The minimum absolute atomic E-state index is 0.240. The van der Waals surface area contributed by atoms with Gasteiger partial charge in [0.25, 0.3) is 0 Å². The Kier molecular flexibility index (Phi) is 6.30. The summed E-state index contributed by atoms with van der Waals surface area (Å²) in [6.07, 6.45) is 6.82. The monoisotopic (exact) mass is 360 g/mol. The van der Waals surface area contributed by atoms with E-state index in [1.165, 1.54) is 12.1 Å². The molecular formula is C21H29FN2O2. The van der Waals surface area contributed by atoms with Crippen LogP contribution in [0.3, 0.4) is 0 Å². The lowest BCUT2D eigenvalue weighted by atomic mass is 9.72. The normalized spacial score (nSPS) is 20.3. The molecule has 1 amide bonds. The molecule has 2 aliphatic heterocycles. The SMILES string of the molecule is C=CCN1CC2(CCC1=O)CCN(CCCOc1ccc(F)cc1)CC2. The highest BCUT2D eigenvalue weighted by Gasteiger charge is 2.40. The Balaban J connectivity index is 1.37. The molecule has 2 aliphatic rings. The summed E-state index contributed by atoms with van der Waals surface area (Å²) in [5.74, 6) is 0.754. The molecule has 2 heterocycles. The van der Waals surface area contributed by atoms with Crippen molar-refractivity contribution < 1.29 is 13.9 Å². The van der Waals surface area contributed by atoms with E-state index in [1.807, 2.05) is 11.0 Å². The van der Waals surface area contributed by atoms with Crippen molar-refractivity contribution in [3.8, 4) is 5.75 Å². The summed E-state index contributed by atoms with van der Waals surface area (Å²) in [7, 11) is 0. The van der Waals surface area contributed by atoms with E-state index < -0.39 is 0 Å². The number of benzene rings is 1. The third-order valence-electron chi connectivity index (χ3n) is 5.72. The molecule has 1 aromatic rings. The molecule has 5 heteroatoms. The number of ether oxygens (including phenoxy) is 1. The Morgan fingerprint density at radius 3 is 2.62 bits per heavy atom. The third kappa shape index (κ3) is 4.85. The van der Waals surface area contributed by atoms with Gasteiger partial charge in [-0.3, -0.25) is 4.79 Å². The summed E-state index contributed by atoms with van der Waals surface area (Å²) in [6, 6.07) is 6.17. The van der Waals surface area contributed by atoms with E-state index in [1.54, 1.807) is 12.1 Å². The molecule has 1 spiro atoms. The number of hydrogen-bond acceptors (Lipinski definition) is 3. The minimum atomic E-state index is -0.240. The maximum absolute atomic E-state index is 12.9. The lowest BCUT2D eigenvalue weighted by Gasteiger charge is -2.47. The van der Waals surface area contributed by atoms with Crippen molar-refractivity contribution in [1.29, 1.82) is 0 Å². The van der Waals surface area contributed by atoms with Gasteiger partial charge in [0.15, 0.2) is 0 Å². The number of likely N-dealkylation sites (tertiary alicyclic amines) is 2. The van der Waals surface area contributed by atoms with Crippen LogP contribution in [0.4, 0.5) is 4.39 Å². The molecule has 0 N–H and O–H groups in total. The van der Waals surface area contributed by atoms with Crippen molar-refractivity contribution in [2.24, 2.45) is 5.41 Å². The van der Waals surface area contributed by atoms with Crippen LogP contribution < -0.4 is 4.74 Å². The zero-order chi connectivity index (χ0) is 18.4. The van der Waals surface area contributed by atoms with Crippen molar-refractivity contribution in [3.63, 3.8) is 0 Å². The second-order valence-corrected chi connectivity index (χ2v) is 7.56. The Morgan fingerprint density at radius 2 is 1.92 bits per heavy atom. The van der Waals surface area contributed by atoms with E-state index in [-0.39, 0.29) is 11.7 Å². The van der Waals surface area contributed by atoms with Crippen LogP contribution in [-0.4, -0.2) is 55.0 Å². The molecule has 142 valence electrons. The fraction of sp³-hybridized carbons (Fsp3) is 0.571. The second-order valence-electron chi connectivity index (χ2n) is 7.56. The Bertz CT molecular complexity index is 609. The predicted octanol–water partition coefficient (Wildman–Crippen LogP) is 3.49. The third-order valence-corrected chi connectivity index (χ3v) is 5.72. The van der Waals surface area contributed by atoms with Gasteiger partial charge in [-0.05, 0) is 68.5 Å². The lowest BCUT2D eigenvalue weighted by molar-refractivity contribution is -0.138. The first-order valence-electron chi connectivity index (χ1n) is 9.60. The van der Waals surface area contributed by atoms with Gasteiger partial charge in [-0.2, -0.15) is 0 Å². The van der Waals surface area contributed by atoms with Gasteiger partial charge in [-0.15, -0.1) is 6.58 Å². The Labute approximate surface area is 155 Å². The molecule has 4 nitrogen and oxygen atoms in total. The van der Waals surface area contributed by atoms with Crippen LogP contribution in [0.5, 0.6) is 5.75 Å². The van der Waals surface area contributed by atoms with Crippen molar-refractivity contribution in [1.82, 2.24) is 9.80 Å². The molecule has 0 radical (unpaired) electrons. The van der Waals surface area contributed by atoms with E-state index in [9.17, 15) is 9.18 Å². The largest absolute Gasteiger partial charge is 0.494 e. The molecule has 0 aliphatic carbocycles. The van der Waals surface area contributed by atoms with Crippen LogP contribution in [0.15, 0.2) is 36.9 Å². The zero-order valence-electron chi connectivity index (χ0n) is 15.5. The molecule has 0 saturated carbocycles. The lowest BCUT2D eigenvalue weighted by Crippen LogP contribution is -2.51. The van der Waals surface area contributed by atoms with Crippen molar-refractivity contribution >= 4 is 5.91 Å². The molecule has 2 fully saturated rings. The molecule has 26 heavy (non-hydrogen) atoms. The van der Waals surface area contributed by atoms with Crippen molar-refractivity contribution in [2.45, 2.75) is 32.1 Å². The van der Waals surface area contributed by atoms with Gasteiger partial charge in [0.05, 0.1) is 6.61 Å². The zero-order valence-corrected chi connectivity index (χ0v) is 15.5.